The number of benzene rings is 1. The summed E-state index contributed by atoms with van der Waals surface area (Å²) in [7, 11) is 3.36. The van der Waals surface area contributed by atoms with E-state index in [0.717, 1.165) is 5.56 Å². The third-order valence-corrected chi connectivity index (χ3v) is 4.78. The molecule has 0 radical (unpaired) electrons. The summed E-state index contributed by atoms with van der Waals surface area (Å²) in [6, 6.07) is 10.4. The average molecular weight is 471 g/mol. The maximum Gasteiger partial charge on any atom is 0.388 e. The summed E-state index contributed by atoms with van der Waals surface area (Å²) in [5.41, 5.74) is 1.38. The number of aromatic nitrogens is 6. The first-order chi connectivity index (χ1) is 16.5. The minimum atomic E-state index is -2.97. The lowest BCUT2D eigenvalue weighted by Gasteiger charge is -2.14. The zero-order valence-corrected chi connectivity index (χ0v) is 18.8. The van der Waals surface area contributed by atoms with Crippen LogP contribution in [0.2, 0.25) is 0 Å². The lowest BCUT2D eigenvalue weighted by molar-refractivity contribution is -0.0528. The van der Waals surface area contributed by atoms with Gasteiger partial charge in [-0.2, -0.15) is 13.9 Å². The Balaban J connectivity index is 1.74. The Morgan fingerprint density at radius 3 is 2.65 bits per heavy atom. The van der Waals surface area contributed by atoms with Gasteiger partial charge in [-0.05, 0) is 36.8 Å². The molecule has 3 aromatic heterocycles. The molecule has 12 heteroatoms. The minimum Gasteiger partial charge on any atom is -0.493 e. The molecule has 10 nitrogen and oxygen atoms in total. The van der Waals surface area contributed by atoms with Crippen LogP contribution in [-0.4, -0.2) is 49.9 Å². The van der Waals surface area contributed by atoms with Crippen molar-refractivity contribution in [3.05, 3.63) is 54.4 Å². The molecule has 0 unspecified atom stereocenters. The summed E-state index contributed by atoms with van der Waals surface area (Å²) in [5, 5.41) is 16.1. The van der Waals surface area contributed by atoms with E-state index in [1.807, 2.05) is 13.0 Å². The molecule has 0 atom stereocenters. The minimum absolute atomic E-state index is 0.177. The van der Waals surface area contributed by atoms with Crippen molar-refractivity contribution in [2.45, 2.75) is 20.1 Å². The van der Waals surface area contributed by atoms with Crippen molar-refractivity contribution >= 4 is 11.8 Å². The fraction of sp³-hybridized carbons (Fsp3) is 0.273. The van der Waals surface area contributed by atoms with E-state index in [1.54, 1.807) is 53.9 Å². The fourth-order valence-corrected chi connectivity index (χ4v) is 3.32. The van der Waals surface area contributed by atoms with E-state index in [9.17, 15) is 8.78 Å². The van der Waals surface area contributed by atoms with Crippen molar-refractivity contribution in [3.8, 4) is 28.8 Å². The Bertz CT molecular complexity index is 1260. The monoisotopic (exact) mass is 471 g/mol. The highest BCUT2D eigenvalue weighted by molar-refractivity contribution is 5.64. The second-order valence-corrected chi connectivity index (χ2v) is 7.11. The van der Waals surface area contributed by atoms with Gasteiger partial charge in [0.1, 0.15) is 0 Å². The number of anilines is 2. The van der Waals surface area contributed by atoms with Gasteiger partial charge >= 0.3 is 6.61 Å². The number of nitrogens with zero attached hydrogens (tertiary/aromatic N) is 6. The van der Waals surface area contributed by atoms with Crippen LogP contribution in [0.4, 0.5) is 20.5 Å². The van der Waals surface area contributed by atoms with E-state index in [-0.39, 0.29) is 12.4 Å². The predicted octanol–water partition coefficient (Wildman–Crippen LogP) is 3.87. The van der Waals surface area contributed by atoms with E-state index in [2.05, 4.69) is 30.3 Å². The molecule has 0 amide bonds. The number of alkyl halides is 2. The molecule has 1 aromatic carbocycles. The van der Waals surface area contributed by atoms with Crippen LogP contribution in [0, 0.1) is 0 Å². The maximum atomic E-state index is 12.7. The van der Waals surface area contributed by atoms with Crippen LogP contribution in [0.5, 0.6) is 17.4 Å². The molecule has 0 aliphatic carbocycles. The molecule has 3 heterocycles. The van der Waals surface area contributed by atoms with Gasteiger partial charge in [0.25, 0.3) is 0 Å². The quantitative estimate of drug-likeness (QED) is 0.372. The van der Waals surface area contributed by atoms with Gasteiger partial charge in [-0.1, -0.05) is 0 Å². The second-order valence-electron chi connectivity index (χ2n) is 7.11. The normalized spacial score (nSPS) is 11.0. The predicted molar refractivity (Wildman–Crippen MR) is 120 cm³/mol. The van der Waals surface area contributed by atoms with Crippen LogP contribution in [0.15, 0.2) is 48.8 Å². The zero-order chi connectivity index (χ0) is 24.1. The number of pyridine rings is 1. The number of methoxy groups -OCH3 is 1. The first-order valence-electron chi connectivity index (χ1n) is 10.4. The first kappa shape index (κ1) is 23.0. The summed E-state index contributed by atoms with van der Waals surface area (Å²) >= 11 is 0. The van der Waals surface area contributed by atoms with Gasteiger partial charge < -0.3 is 19.5 Å². The lowest BCUT2D eigenvalue weighted by atomic mass is 10.1. The molecule has 1 N–H and O–H groups in total. The third-order valence-electron chi connectivity index (χ3n) is 4.78. The first-order valence-corrected chi connectivity index (χ1v) is 10.4. The molecule has 0 aliphatic rings. The lowest BCUT2D eigenvalue weighted by Crippen LogP contribution is -2.09. The van der Waals surface area contributed by atoms with E-state index in [4.69, 9.17) is 9.47 Å². The van der Waals surface area contributed by atoms with Crippen molar-refractivity contribution in [2.75, 3.05) is 19.0 Å². The van der Waals surface area contributed by atoms with Crippen LogP contribution in [-0.2, 0) is 13.6 Å². The van der Waals surface area contributed by atoms with Crippen molar-refractivity contribution in [2.24, 2.45) is 7.05 Å². The van der Waals surface area contributed by atoms with Crippen LogP contribution in [0.1, 0.15) is 12.5 Å². The Morgan fingerprint density at radius 2 is 1.94 bits per heavy atom. The van der Waals surface area contributed by atoms with Crippen LogP contribution in [0.3, 0.4) is 0 Å². The molecule has 0 saturated heterocycles. The molecular weight excluding hydrogens is 448 g/mol. The molecule has 0 fully saturated rings. The average Bonchev–Trinajstić information content (AvgIpc) is 3.40. The number of halogens is 2. The number of hydrogen-bond acceptors (Lipinski definition) is 8. The van der Waals surface area contributed by atoms with Gasteiger partial charge in [0, 0.05) is 37.1 Å². The van der Waals surface area contributed by atoms with Gasteiger partial charge in [-0.15, -0.1) is 10.2 Å². The highest BCUT2D eigenvalue weighted by Crippen LogP contribution is 2.33. The van der Waals surface area contributed by atoms with Crippen LogP contribution >= 0.6 is 0 Å². The largest absolute Gasteiger partial charge is 0.493 e. The number of hydrogen-bond donors (Lipinski definition) is 1. The Labute approximate surface area is 194 Å². The smallest absolute Gasteiger partial charge is 0.388 e. The molecule has 0 aliphatic heterocycles. The van der Waals surface area contributed by atoms with Gasteiger partial charge in [0.15, 0.2) is 23.1 Å². The van der Waals surface area contributed by atoms with E-state index >= 15 is 0 Å². The highest BCUT2D eigenvalue weighted by Gasteiger charge is 2.18. The number of ether oxygens (including phenoxy) is 3. The van der Waals surface area contributed by atoms with Crippen LogP contribution in [0.25, 0.3) is 11.4 Å². The molecule has 0 bridgehead atoms. The van der Waals surface area contributed by atoms with Crippen molar-refractivity contribution in [1.82, 2.24) is 29.5 Å². The van der Waals surface area contributed by atoms with Gasteiger partial charge in [0.2, 0.25) is 11.8 Å². The van der Waals surface area contributed by atoms with Crippen LogP contribution < -0.4 is 19.5 Å². The van der Waals surface area contributed by atoms with Crippen molar-refractivity contribution in [3.63, 3.8) is 0 Å². The molecule has 178 valence electrons. The number of aryl methyl sites for hydroxylation is 1. The fourth-order valence-electron chi connectivity index (χ4n) is 3.32. The summed E-state index contributed by atoms with van der Waals surface area (Å²) in [4.78, 5) is 3.83. The number of nitrogens with one attached hydrogen (secondary N) is 1. The molecular formula is C22H23F2N7O3. The van der Waals surface area contributed by atoms with Crippen molar-refractivity contribution < 1.29 is 23.0 Å². The van der Waals surface area contributed by atoms with E-state index in [0.29, 0.717) is 41.3 Å². The topological polar surface area (TPSA) is 101 Å². The van der Waals surface area contributed by atoms with E-state index < -0.39 is 6.61 Å². The highest BCUT2D eigenvalue weighted by atomic mass is 19.3. The molecule has 0 saturated carbocycles. The Hall–Kier alpha value is -4.22. The zero-order valence-electron chi connectivity index (χ0n) is 18.8. The summed E-state index contributed by atoms with van der Waals surface area (Å²) in [6.45, 7) is -0.337. The molecule has 34 heavy (non-hydrogen) atoms. The second kappa shape index (κ2) is 10.1. The van der Waals surface area contributed by atoms with Gasteiger partial charge in [-0.3, -0.25) is 9.25 Å². The Kier molecular flexibility index (Phi) is 6.85. The molecule has 4 aromatic rings. The summed E-state index contributed by atoms with van der Waals surface area (Å²) in [6.07, 6.45) is 3.20. The molecule has 0 spiro atoms. The van der Waals surface area contributed by atoms with Crippen molar-refractivity contribution in [1.29, 1.82) is 0 Å². The molecule has 4 rings (SSSR count). The maximum absolute atomic E-state index is 12.7. The van der Waals surface area contributed by atoms with Gasteiger partial charge in [0.05, 0.1) is 20.3 Å². The summed E-state index contributed by atoms with van der Waals surface area (Å²) in [5.74, 6) is 2.48. The third kappa shape index (κ3) is 5.22. The SMILES string of the molecule is CCOc1ccc(-c2nnc(Nc3ccn(C)n3)n2Cc2ccnc(OC(F)F)c2)cc1OC. The van der Waals surface area contributed by atoms with Gasteiger partial charge in [-0.25, -0.2) is 4.98 Å². The summed E-state index contributed by atoms with van der Waals surface area (Å²) < 4.78 is 44.3. The Morgan fingerprint density at radius 1 is 1.09 bits per heavy atom. The standard InChI is InChI=1S/C22H23F2N7O3/c1-4-33-16-6-5-15(12-17(16)32-3)20-27-28-22(26-18-8-10-30(2)29-18)31(20)13-14-7-9-25-19(11-14)34-21(23)24/h5-12,21H,4,13H2,1-3H3,(H,26,28,29). The number of rotatable bonds is 10. The van der Waals surface area contributed by atoms with E-state index in [1.165, 1.54) is 12.3 Å².